The van der Waals surface area contributed by atoms with Crippen LogP contribution in [0.1, 0.15) is 12.0 Å². The number of rotatable bonds is 7. The lowest BCUT2D eigenvalue weighted by Crippen LogP contribution is -2.47. The molecule has 1 aromatic carbocycles. The second-order valence-electron chi connectivity index (χ2n) is 4.01. The van der Waals surface area contributed by atoms with E-state index in [0.29, 0.717) is 5.56 Å². The van der Waals surface area contributed by atoms with E-state index in [1.165, 1.54) is 6.07 Å². The Balaban J connectivity index is 2.80. The van der Waals surface area contributed by atoms with Gasteiger partial charge >= 0.3 is 11.9 Å². The van der Waals surface area contributed by atoms with Gasteiger partial charge in [0.2, 0.25) is 0 Å². The van der Waals surface area contributed by atoms with Gasteiger partial charge in [0.25, 0.3) is 0 Å². The van der Waals surface area contributed by atoms with Crippen molar-refractivity contribution >= 4 is 23.4 Å². The van der Waals surface area contributed by atoms with Crippen LogP contribution in [0.5, 0.6) is 0 Å². The molecule has 0 radical (unpaired) electrons. The number of anilines is 1. The number of ketones is 1. The van der Waals surface area contributed by atoms with E-state index in [2.05, 4.69) is 10.9 Å². The van der Waals surface area contributed by atoms with Crippen molar-refractivity contribution in [2.75, 3.05) is 5.43 Å². The molecule has 1 aromatic rings. The monoisotopic (exact) mass is 284 g/mol. The summed E-state index contributed by atoms with van der Waals surface area (Å²) in [6, 6.07) is 2.43. The Morgan fingerprint density at radius 2 is 1.95 bits per heavy atom. The Morgan fingerprint density at radius 1 is 1.30 bits per heavy atom. The SMILES string of the molecule is Cc1cccc(F)c1NNC(C(=O)O)C(=O)CC(=O)O. The van der Waals surface area contributed by atoms with Crippen molar-refractivity contribution in [3.63, 3.8) is 0 Å². The maximum atomic E-state index is 13.5. The molecule has 0 saturated carbocycles. The highest BCUT2D eigenvalue weighted by molar-refractivity contribution is 6.08. The highest BCUT2D eigenvalue weighted by atomic mass is 19.1. The van der Waals surface area contributed by atoms with Crippen LogP contribution in [0.15, 0.2) is 18.2 Å². The summed E-state index contributed by atoms with van der Waals surface area (Å²) in [6.45, 7) is 1.59. The van der Waals surface area contributed by atoms with Crippen molar-refractivity contribution < 1.29 is 29.0 Å². The topological polar surface area (TPSA) is 116 Å². The van der Waals surface area contributed by atoms with Crippen LogP contribution in [0.3, 0.4) is 0 Å². The molecule has 0 aromatic heterocycles. The zero-order valence-electron chi connectivity index (χ0n) is 10.5. The summed E-state index contributed by atoms with van der Waals surface area (Å²) in [5, 5.41) is 17.3. The number of para-hydroxylation sites is 1. The first-order valence-corrected chi connectivity index (χ1v) is 5.57. The lowest BCUT2D eigenvalue weighted by Gasteiger charge is -2.16. The first kappa shape index (κ1) is 15.6. The van der Waals surface area contributed by atoms with Gasteiger partial charge in [-0.25, -0.2) is 14.6 Å². The Kier molecular flexibility index (Phi) is 5.15. The average Bonchev–Trinajstić information content (AvgIpc) is 2.31. The molecular formula is C12H13FN2O5. The maximum Gasteiger partial charge on any atom is 0.330 e. The standard InChI is InChI=1S/C12H13FN2O5/c1-6-3-2-4-7(13)10(6)14-15-11(12(19)20)8(16)5-9(17)18/h2-4,11,14-15H,5H2,1H3,(H,17,18)(H,19,20). The number of hydrogen-bond donors (Lipinski definition) is 4. The van der Waals surface area contributed by atoms with Crippen LogP contribution in [0.2, 0.25) is 0 Å². The summed E-state index contributed by atoms with van der Waals surface area (Å²) < 4.78 is 13.5. The van der Waals surface area contributed by atoms with Gasteiger partial charge in [-0.2, -0.15) is 0 Å². The molecule has 0 bridgehead atoms. The third kappa shape index (κ3) is 4.02. The maximum absolute atomic E-state index is 13.5. The van der Waals surface area contributed by atoms with Crippen LogP contribution in [-0.2, 0) is 14.4 Å². The van der Waals surface area contributed by atoms with E-state index in [4.69, 9.17) is 10.2 Å². The predicted octanol–water partition coefficient (Wildman–Crippen LogP) is 0.548. The van der Waals surface area contributed by atoms with Crippen molar-refractivity contribution in [1.82, 2.24) is 5.43 Å². The van der Waals surface area contributed by atoms with Crippen LogP contribution in [0.4, 0.5) is 10.1 Å². The zero-order chi connectivity index (χ0) is 15.3. The van der Waals surface area contributed by atoms with E-state index in [9.17, 15) is 18.8 Å². The van der Waals surface area contributed by atoms with Gasteiger partial charge < -0.3 is 15.6 Å². The Bertz CT molecular complexity index is 526. The number of hydrogen-bond acceptors (Lipinski definition) is 5. The van der Waals surface area contributed by atoms with E-state index >= 15 is 0 Å². The van der Waals surface area contributed by atoms with Gasteiger partial charge in [-0.05, 0) is 18.6 Å². The van der Waals surface area contributed by atoms with Gasteiger partial charge in [-0.1, -0.05) is 12.1 Å². The molecule has 7 nitrogen and oxygen atoms in total. The van der Waals surface area contributed by atoms with E-state index < -0.39 is 36.0 Å². The van der Waals surface area contributed by atoms with Crippen molar-refractivity contribution in [2.45, 2.75) is 19.4 Å². The number of benzene rings is 1. The number of carboxylic acids is 2. The number of carboxylic acid groups (broad SMARTS) is 2. The third-order valence-corrected chi connectivity index (χ3v) is 2.46. The van der Waals surface area contributed by atoms with E-state index in [-0.39, 0.29) is 5.69 Å². The Morgan fingerprint density at radius 3 is 2.45 bits per heavy atom. The number of carbonyl (C=O) groups is 3. The number of Topliss-reactive ketones (excluding diaryl/α,β-unsaturated/α-hetero) is 1. The van der Waals surface area contributed by atoms with Gasteiger partial charge in [0, 0.05) is 0 Å². The summed E-state index contributed by atoms with van der Waals surface area (Å²) in [7, 11) is 0. The van der Waals surface area contributed by atoms with Gasteiger partial charge in [-0.15, -0.1) is 0 Å². The van der Waals surface area contributed by atoms with Gasteiger partial charge in [0.1, 0.15) is 12.2 Å². The Labute approximate surface area is 113 Å². The normalized spacial score (nSPS) is 11.7. The van der Waals surface area contributed by atoms with Crippen LogP contribution in [-0.4, -0.2) is 34.0 Å². The quantitative estimate of drug-likeness (QED) is 0.427. The Hall–Kier alpha value is -2.48. The highest BCUT2D eigenvalue weighted by Gasteiger charge is 2.27. The van der Waals surface area contributed by atoms with Crippen molar-refractivity contribution in [3.8, 4) is 0 Å². The van der Waals surface area contributed by atoms with Gasteiger partial charge in [0.05, 0.1) is 5.69 Å². The van der Waals surface area contributed by atoms with E-state index in [1.54, 1.807) is 13.0 Å². The lowest BCUT2D eigenvalue weighted by atomic mass is 10.1. The minimum atomic E-state index is -1.79. The van der Waals surface area contributed by atoms with Crippen LogP contribution in [0.25, 0.3) is 0 Å². The smallest absolute Gasteiger partial charge is 0.330 e. The van der Waals surface area contributed by atoms with Crippen LogP contribution in [0, 0.1) is 12.7 Å². The van der Waals surface area contributed by atoms with Crippen LogP contribution >= 0.6 is 0 Å². The summed E-state index contributed by atoms with van der Waals surface area (Å²) in [6.07, 6.45) is -0.943. The van der Waals surface area contributed by atoms with E-state index in [1.807, 2.05) is 0 Å². The van der Waals surface area contributed by atoms with E-state index in [0.717, 1.165) is 6.07 Å². The van der Waals surface area contributed by atoms with Crippen molar-refractivity contribution in [2.24, 2.45) is 0 Å². The first-order valence-electron chi connectivity index (χ1n) is 5.57. The fourth-order valence-corrected chi connectivity index (χ4v) is 1.47. The molecule has 1 unspecified atom stereocenters. The highest BCUT2D eigenvalue weighted by Crippen LogP contribution is 2.17. The zero-order valence-corrected chi connectivity index (χ0v) is 10.5. The molecular weight excluding hydrogens is 271 g/mol. The second kappa shape index (κ2) is 6.62. The fourth-order valence-electron chi connectivity index (χ4n) is 1.47. The summed E-state index contributed by atoms with van der Waals surface area (Å²) in [5.74, 6) is -4.68. The number of hydrazine groups is 1. The summed E-state index contributed by atoms with van der Waals surface area (Å²) >= 11 is 0. The molecule has 0 spiro atoms. The molecule has 1 rings (SSSR count). The number of nitrogens with one attached hydrogen (secondary N) is 2. The van der Waals surface area contributed by atoms with Gasteiger partial charge in [-0.3, -0.25) is 9.59 Å². The largest absolute Gasteiger partial charge is 0.481 e. The molecule has 0 aliphatic heterocycles. The first-order chi connectivity index (χ1) is 9.32. The van der Waals surface area contributed by atoms with Gasteiger partial charge in [0.15, 0.2) is 11.8 Å². The molecule has 0 saturated heterocycles. The number of halogens is 1. The minimum absolute atomic E-state index is 0.0122. The molecule has 0 heterocycles. The third-order valence-electron chi connectivity index (χ3n) is 2.46. The molecule has 0 aliphatic rings. The molecule has 0 fully saturated rings. The number of aryl methyl sites for hydroxylation is 1. The van der Waals surface area contributed by atoms with Crippen molar-refractivity contribution in [1.29, 1.82) is 0 Å². The fraction of sp³-hybridized carbons (Fsp3) is 0.250. The van der Waals surface area contributed by atoms with Crippen molar-refractivity contribution in [3.05, 3.63) is 29.6 Å². The van der Waals surface area contributed by atoms with Crippen LogP contribution < -0.4 is 10.9 Å². The minimum Gasteiger partial charge on any atom is -0.481 e. The molecule has 1 atom stereocenters. The summed E-state index contributed by atoms with van der Waals surface area (Å²) in [5.41, 5.74) is 4.90. The molecule has 108 valence electrons. The average molecular weight is 284 g/mol. The lowest BCUT2D eigenvalue weighted by molar-refractivity contribution is -0.145. The number of carbonyl (C=O) groups excluding carboxylic acids is 1. The second-order valence-corrected chi connectivity index (χ2v) is 4.01. The molecule has 8 heteroatoms. The summed E-state index contributed by atoms with van der Waals surface area (Å²) in [4.78, 5) is 32.7. The molecule has 4 N–H and O–H groups in total. The molecule has 0 aliphatic carbocycles. The molecule has 20 heavy (non-hydrogen) atoms. The predicted molar refractivity (Wildman–Crippen MR) is 66.6 cm³/mol. The number of aliphatic carboxylic acids is 2. The molecule has 0 amide bonds.